The first-order chi connectivity index (χ1) is 19.4. The fourth-order valence-corrected chi connectivity index (χ4v) is 7.00. The fourth-order valence-electron chi connectivity index (χ4n) is 7.00. The second-order valence-corrected chi connectivity index (χ2v) is 11.9. The minimum atomic E-state index is -1.22. The van der Waals surface area contributed by atoms with E-state index in [-0.39, 0.29) is 22.4 Å². The normalized spacial score (nSPS) is 22.6. The largest absolute Gasteiger partial charge is 0.490 e. The van der Waals surface area contributed by atoms with Crippen LogP contribution in [-0.2, 0) is 12.8 Å². The molecule has 0 N–H and O–H groups in total. The number of fused-ring (bicyclic) bond motifs is 1. The van der Waals surface area contributed by atoms with Crippen molar-refractivity contribution in [3.05, 3.63) is 88.5 Å². The van der Waals surface area contributed by atoms with Crippen LogP contribution in [0.25, 0.3) is 11.1 Å². The lowest BCUT2D eigenvalue weighted by molar-refractivity contribution is 0.0902. The van der Waals surface area contributed by atoms with Crippen molar-refractivity contribution in [1.82, 2.24) is 0 Å². The van der Waals surface area contributed by atoms with Gasteiger partial charge in [-0.2, -0.15) is 4.39 Å². The summed E-state index contributed by atoms with van der Waals surface area (Å²) < 4.78 is 64.8. The second-order valence-electron chi connectivity index (χ2n) is 11.9. The molecule has 1 nitrogen and oxygen atoms in total. The van der Waals surface area contributed by atoms with Crippen molar-refractivity contribution in [2.75, 3.05) is 6.61 Å². The molecular formula is C35H40F4O. The Morgan fingerprint density at radius 3 is 2.02 bits per heavy atom. The van der Waals surface area contributed by atoms with Gasteiger partial charge in [-0.1, -0.05) is 63.1 Å². The van der Waals surface area contributed by atoms with Gasteiger partial charge in [0.05, 0.1) is 6.61 Å². The van der Waals surface area contributed by atoms with E-state index in [1.54, 1.807) is 0 Å². The van der Waals surface area contributed by atoms with Gasteiger partial charge in [-0.15, -0.1) is 0 Å². The summed E-state index contributed by atoms with van der Waals surface area (Å²) in [5.41, 5.74) is 2.51. The van der Waals surface area contributed by atoms with Crippen LogP contribution in [0.2, 0.25) is 0 Å². The van der Waals surface area contributed by atoms with Gasteiger partial charge in [0, 0.05) is 11.1 Å². The van der Waals surface area contributed by atoms with E-state index in [2.05, 4.69) is 31.2 Å². The second kappa shape index (κ2) is 12.8. The first-order valence-corrected chi connectivity index (χ1v) is 15.1. The molecule has 2 saturated carbocycles. The molecule has 0 heterocycles. The van der Waals surface area contributed by atoms with E-state index in [4.69, 9.17) is 4.74 Å². The van der Waals surface area contributed by atoms with Crippen molar-refractivity contribution >= 4 is 0 Å². The summed E-state index contributed by atoms with van der Waals surface area (Å²) in [6, 6.07) is 14.6. The summed E-state index contributed by atoms with van der Waals surface area (Å²) in [5, 5.41) is 0. The summed E-state index contributed by atoms with van der Waals surface area (Å²) in [4.78, 5) is 0. The molecule has 2 aliphatic rings. The molecule has 4 unspecified atom stereocenters. The van der Waals surface area contributed by atoms with E-state index < -0.39 is 23.3 Å². The van der Waals surface area contributed by atoms with Gasteiger partial charge in [-0.05, 0) is 104 Å². The van der Waals surface area contributed by atoms with Crippen LogP contribution in [0, 0.1) is 41.0 Å². The van der Waals surface area contributed by atoms with E-state index in [0.29, 0.717) is 43.1 Å². The Kier molecular flexibility index (Phi) is 9.17. The lowest BCUT2D eigenvalue weighted by atomic mass is 9.64. The van der Waals surface area contributed by atoms with Crippen molar-refractivity contribution in [2.45, 2.75) is 84.0 Å². The monoisotopic (exact) mass is 552 g/mol. The highest BCUT2D eigenvalue weighted by molar-refractivity contribution is 5.66. The summed E-state index contributed by atoms with van der Waals surface area (Å²) >= 11 is 0. The Balaban J connectivity index is 1.18. The van der Waals surface area contributed by atoms with Crippen molar-refractivity contribution in [1.29, 1.82) is 0 Å². The highest BCUT2D eigenvalue weighted by Crippen LogP contribution is 2.47. The van der Waals surface area contributed by atoms with Gasteiger partial charge < -0.3 is 4.74 Å². The maximum absolute atomic E-state index is 15.0. The molecule has 0 bridgehead atoms. The zero-order valence-corrected chi connectivity index (χ0v) is 23.6. The molecule has 3 aromatic rings. The third-order valence-corrected chi connectivity index (χ3v) is 9.20. The number of benzene rings is 3. The number of hydrogen-bond donors (Lipinski definition) is 0. The van der Waals surface area contributed by atoms with Crippen molar-refractivity contribution in [3.63, 3.8) is 0 Å². The zero-order valence-electron chi connectivity index (χ0n) is 23.6. The molecule has 4 atom stereocenters. The Morgan fingerprint density at radius 1 is 0.650 bits per heavy atom. The van der Waals surface area contributed by atoms with Gasteiger partial charge >= 0.3 is 0 Å². The van der Waals surface area contributed by atoms with E-state index in [1.165, 1.54) is 61.1 Å². The standard InChI is InChI=1S/C35H40F4O/c1-3-5-22-7-10-24(11-8-22)27-14-13-26-19-23(9-12-28(26)20-27)21-40-31-18-17-30(34(38)35(31)39)29-16-15-25(6-4-2)32(36)33(29)37/h7-8,10-11,15-18,23,26-28H,3-6,9,12-14,19-21H2,1-2H3. The van der Waals surface area contributed by atoms with E-state index >= 15 is 0 Å². The smallest absolute Gasteiger partial charge is 0.201 e. The van der Waals surface area contributed by atoms with E-state index in [9.17, 15) is 17.6 Å². The number of hydrogen-bond acceptors (Lipinski definition) is 1. The Morgan fingerprint density at radius 2 is 1.30 bits per heavy atom. The topological polar surface area (TPSA) is 9.23 Å². The average molecular weight is 553 g/mol. The number of aryl methyl sites for hydroxylation is 2. The van der Waals surface area contributed by atoms with Crippen LogP contribution in [0.1, 0.15) is 87.8 Å². The van der Waals surface area contributed by atoms with Crippen LogP contribution < -0.4 is 4.74 Å². The quantitative estimate of drug-likeness (QED) is 0.240. The summed E-state index contributed by atoms with van der Waals surface area (Å²) in [5.74, 6) is -2.44. The molecule has 5 heteroatoms. The lowest BCUT2D eigenvalue weighted by Crippen LogP contribution is -2.32. The van der Waals surface area contributed by atoms with Gasteiger partial charge in [0.25, 0.3) is 0 Å². The lowest BCUT2D eigenvalue weighted by Gasteiger charge is -2.42. The van der Waals surface area contributed by atoms with Crippen molar-refractivity contribution < 1.29 is 22.3 Å². The van der Waals surface area contributed by atoms with E-state index in [0.717, 1.165) is 25.7 Å². The van der Waals surface area contributed by atoms with Crippen LogP contribution in [0.4, 0.5) is 17.6 Å². The van der Waals surface area contributed by atoms with E-state index in [1.807, 2.05) is 6.92 Å². The molecule has 5 rings (SSSR count). The van der Waals surface area contributed by atoms with Crippen LogP contribution in [0.15, 0.2) is 48.5 Å². The predicted octanol–water partition coefficient (Wildman–Crippen LogP) is 10.2. The summed E-state index contributed by atoms with van der Waals surface area (Å²) in [6.45, 7) is 4.40. The zero-order chi connectivity index (χ0) is 28.2. The Labute approximate surface area is 236 Å². The third-order valence-electron chi connectivity index (χ3n) is 9.20. The van der Waals surface area contributed by atoms with Crippen molar-refractivity contribution in [3.8, 4) is 16.9 Å². The Hall–Kier alpha value is -2.82. The Bertz CT molecular complexity index is 1300. The van der Waals surface area contributed by atoms with Gasteiger partial charge in [0.1, 0.15) is 0 Å². The predicted molar refractivity (Wildman–Crippen MR) is 153 cm³/mol. The molecule has 2 aliphatic carbocycles. The van der Waals surface area contributed by atoms with Crippen LogP contribution in [0.5, 0.6) is 5.75 Å². The molecule has 214 valence electrons. The SMILES string of the molecule is CCCc1ccc(C2CCC3CC(COc4ccc(-c5ccc(CCC)c(F)c5F)c(F)c4F)CCC3C2)cc1. The molecule has 0 aromatic heterocycles. The first kappa shape index (κ1) is 28.7. The highest BCUT2D eigenvalue weighted by Gasteiger charge is 2.36. The molecule has 0 amide bonds. The minimum Gasteiger partial charge on any atom is -0.490 e. The first-order valence-electron chi connectivity index (χ1n) is 15.1. The minimum absolute atomic E-state index is 0.179. The average Bonchev–Trinajstić information content (AvgIpc) is 2.97. The fraction of sp³-hybridized carbons (Fsp3) is 0.486. The third kappa shape index (κ3) is 6.09. The molecule has 0 radical (unpaired) electrons. The molecule has 2 fully saturated rings. The number of rotatable bonds is 9. The molecule has 3 aromatic carbocycles. The number of halogens is 4. The molecule has 0 spiro atoms. The molecule has 40 heavy (non-hydrogen) atoms. The summed E-state index contributed by atoms with van der Waals surface area (Å²) in [6.07, 6.45) is 10.1. The van der Waals surface area contributed by atoms with Gasteiger partial charge in [-0.3, -0.25) is 0 Å². The van der Waals surface area contributed by atoms with Gasteiger partial charge in [-0.25, -0.2) is 13.2 Å². The van der Waals surface area contributed by atoms with Crippen LogP contribution in [0.3, 0.4) is 0 Å². The van der Waals surface area contributed by atoms with Crippen LogP contribution >= 0.6 is 0 Å². The molecule has 0 saturated heterocycles. The number of ether oxygens (including phenoxy) is 1. The van der Waals surface area contributed by atoms with Gasteiger partial charge in [0.15, 0.2) is 23.2 Å². The van der Waals surface area contributed by atoms with Crippen molar-refractivity contribution in [2.24, 2.45) is 17.8 Å². The van der Waals surface area contributed by atoms with Crippen LogP contribution in [-0.4, -0.2) is 6.61 Å². The highest BCUT2D eigenvalue weighted by atomic mass is 19.2. The molecule has 0 aliphatic heterocycles. The maximum atomic E-state index is 15.0. The maximum Gasteiger partial charge on any atom is 0.201 e. The summed E-state index contributed by atoms with van der Waals surface area (Å²) in [7, 11) is 0. The van der Waals surface area contributed by atoms with Gasteiger partial charge in [0.2, 0.25) is 5.82 Å². The molecular weight excluding hydrogens is 512 g/mol.